The molecule has 2 N–H and O–H groups in total. The number of hydrogen-bond donors (Lipinski definition) is 2. The summed E-state index contributed by atoms with van der Waals surface area (Å²) in [6, 6.07) is 17.0. The fourth-order valence-electron chi connectivity index (χ4n) is 2.52. The second-order valence-corrected chi connectivity index (χ2v) is 6.51. The van der Waals surface area contributed by atoms with Crippen molar-refractivity contribution >= 4 is 17.5 Å². The Morgan fingerprint density at radius 2 is 1.74 bits per heavy atom. The Kier molecular flexibility index (Phi) is 5.66. The standard InChI is InChI=1S/C21H22N4O2/c1-15(2)20(26)24-17-10-8-16(9-11-17)12-23-21(27)19-13-22-14-25(19)18-6-4-3-5-7-18/h3-11,13-15H,12H2,1-2H3,(H,23,27)(H,24,26). The van der Waals surface area contributed by atoms with E-state index in [1.165, 1.54) is 0 Å². The molecule has 0 aliphatic rings. The number of nitrogens with one attached hydrogen (secondary N) is 2. The summed E-state index contributed by atoms with van der Waals surface area (Å²) in [5, 5.41) is 5.75. The summed E-state index contributed by atoms with van der Waals surface area (Å²) in [5.41, 5.74) is 3.04. The zero-order valence-corrected chi connectivity index (χ0v) is 15.3. The summed E-state index contributed by atoms with van der Waals surface area (Å²) in [6.07, 6.45) is 3.17. The lowest BCUT2D eigenvalue weighted by Crippen LogP contribution is -2.25. The Labute approximate surface area is 158 Å². The molecule has 0 unspecified atom stereocenters. The molecule has 3 rings (SSSR count). The SMILES string of the molecule is CC(C)C(=O)Nc1ccc(CNC(=O)c2cncn2-c2ccccc2)cc1. The van der Waals surface area contributed by atoms with E-state index in [2.05, 4.69) is 15.6 Å². The molecular formula is C21H22N4O2. The van der Waals surface area contributed by atoms with Gasteiger partial charge in [0, 0.05) is 23.8 Å². The molecule has 2 aromatic carbocycles. The van der Waals surface area contributed by atoms with Gasteiger partial charge in [0.2, 0.25) is 5.91 Å². The third-order valence-corrected chi connectivity index (χ3v) is 4.10. The minimum atomic E-state index is -0.200. The Morgan fingerprint density at radius 1 is 1.04 bits per heavy atom. The van der Waals surface area contributed by atoms with Crippen LogP contribution in [0.1, 0.15) is 29.9 Å². The molecule has 3 aromatic rings. The summed E-state index contributed by atoms with van der Waals surface area (Å²) in [6.45, 7) is 4.08. The van der Waals surface area contributed by atoms with E-state index in [1.54, 1.807) is 17.1 Å². The minimum absolute atomic E-state index is 0.0229. The van der Waals surface area contributed by atoms with Crippen LogP contribution in [-0.4, -0.2) is 21.4 Å². The van der Waals surface area contributed by atoms with Crippen LogP contribution in [0.15, 0.2) is 67.1 Å². The highest BCUT2D eigenvalue weighted by Gasteiger charge is 2.13. The van der Waals surface area contributed by atoms with Gasteiger partial charge in [-0.3, -0.25) is 14.2 Å². The normalized spacial score (nSPS) is 10.6. The lowest BCUT2D eigenvalue weighted by Gasteiger charge is -2.10. The maximum Gasteiger partial charge on any atom is 0.270 e. The second-order valence-electron chi connectivity index (χ2n) is 6.51. The summed E-state index contributed by atoms with van der Waals surface area (Å²) < 4.78 is 1.75. The smallest absolute Gasteiger partial charge is 0.270 e. The Morgan fingerprint density at radius 3 is 2.41 bits per heavy atom. The number of carbonyl (C=O) groups is 2. The van der Waals surface area contributed by atoms with Gasteiger partial charge in [0.05, 0.1) is 12.5 Å². The highest BCUT2D eigenvalue weighted by atomic mass is 16.2. The van der Waals surface area contributed by atoms with Crippen LogP contribution in [0, 0.1) is 5.92 Å². The molecule has 6 heteroatoms. The number of anilines is 1. The summed E-state index contributed by atoms with van der Waals surface area (Å²) in [5.74, 6) is -0.294. The lowest BCUT2D eigenvalue weighted by molar-refractivity contribution is -0.118. The van der Waals surface area contributed by atoms with Crippen molar-refractivity contribution in [3.63, 3.8) is 0 Å². The van der Waals surface area contributed by atoms with E-state index in [0.717, 1.165) is 16.9 Å². The van der Waals surface area contributed by atoms with Gasteiger partial charge in [-0.1, -0.05) is 44.2 Å². The number of carbonyl (C=O) groups excluding carboxylic acids is 2. The summed E-state index contributed by atoms with van der Waals surface area (Å²) in [4.78, 5) is 28.3. The van der Waals surface area contributed by atoms with Crippen molar-refractivity contribution in [2.75, 3.05) is 5.32 Å². The molecule has 138 valence electrons. The van der Waals surface area contributed by atoms with Crippen LogP contribution in [0.25, 0.3) is 5.69 Å². The number of hydrogen-bond acceptors (Lipinski definition) is 3. The molecule has 27 heavy (non-hydrogen) atoms. The number of imidazole rings is 1. The molecule has 0 radical (unpaired) electrons. The maximum atomic E-state index is 12.5. The monoisotopic (exact) mass is 362 g/mol. The predicted octanol–water partition coefficient (Wildman–Crippen LogP) is 3.40. The average molecular weight is 362 g/mol. The van der Waals surface area contributed by atoms with E-state index in [9.17, 15) is 9.59 Å². The summed E-state index contributed by atoms with van der Waals surface area (Å²) in [7, 11) is 0. The maximum absolute atomic E-state index is 12.5. The number of benzene rings is 2. The molecule has 1 aromatic heterocycles. The first-order chi connectivity index (χ1) is 13.0. The Hall–Kier alpha value is -3.41. The van der Waals surface area contributed by atoms with Crippen LogP contribution < -0.4 is 10.6 Å². The van der Waals surface area contributed by atoms with Crippen molar-refractivity contribution in [3.05, 3.63) is 78.4 Å². The topological polar surface area (TPSA) is 76.0 Å². The highest BCUT2D eigenvalue weighted by Crippen LogP contribution is 2.13. The molecule has 1 heterocycles. The van der Waals surface area contributed by atoms with Gasteiger partial charge in [0.15, 0.2) is 0 Å². The van der Waals surface area contributed by atoms with E-state index in [-0.39, 0.29) is 17.7 Å². The van der Waals surface area contributed by atoms with Crippen LogP contribution >= 0.6 is 0 Å². The molecule has 2 amide bonds. The molecule has 0 aliphatic heterocycles. The van der Waals surface area contributed by atoms with Crippen molar-refractivity contribution in [2.45, 2.75) is 20.4 Å². The van der Waals surface area contributed by atoms with Gasteiger partial charge >= 0.3 is 0 Å². The van der Waals surface area contributed by atoms with Gasteiger partial charge in [-0.25, -0.2) is 4.98 Å². The molecule has 0 fully saturated rings. The number of para-hydroxylation sites is 1. The summed E-state index contributed by atoms with van der Waals surface area (Å²) >= 11 is 0. The van der Waals surface area contributed by atoms with Crippen molar-refractivity contribution in [2.24, 2.45) is 5.92 Å². The zero-order valence-electron chi connectivity index (χ0n) is 15.3. The van der Waals surface area contributed by atoms with Gasteiger partial charge < -0.3 is 10.6 Å². The fraction of sp³-hybridized carbons (Fsp3) is 0.190. The second kappa shape index (κ2) is 8.31. The third kappa shape index (κ3) is 4.61. The van der Waals surface area contributed by atoms with E-state index in [4.69, 9.17) is 0 Å². The van der Waals surface area contributed by atoms with Crippen molar-refractivity contribution in [3.8, 4) is 5.69 Å². The molecular weight excluding hydrogens is 340 g/mol. The number of aromatic nitrogens is 2. The first kappa shape index (κ1) is 18.4. The zero-order chi connectivity index (χ0) is 19.2. The minimum Gasteiger partial charge on any atom is -0.347 e. The largest absolute Gasteiger partial charge is 0.347 e. The van der Waals surface area contributed by atoms with E-state index in [1.807, 2.05) is 68.4 Å². The molecule has 0 spiro atoms. The first-order valence-electron chi connectivity index (χ1n) is 8.80. The quantitative estimate of drug-likeness (QED) is 0.706. The molecule has 0 saturated heterocycles. The van der Waals surface area contributed by atoms with Gasteiger partial charge in [-0.05, 0) is 29.8 Å². The Bertz CT molecular complexity index is 915. The van der Waals surface area contributed by atoms with Gasteiger partial charge in [-0.2, -0.15) is 0 Å². The lowest BCUT2D eigenvalue weighted by atomic mass is 10.1. The molecule has 0 saturated carbocycles. The number of amides is 2. The number of nitrogens with zero attached hydrogens (tertiary/aromatic N) is 2. The van der Waals surface area contributed by atoms with Gasteiger partial charge in [0.1, 0.15) is 5.69 Å². The molecule has 0 atom stereocenters. The molecule has 6 nitrogen and oxygen atoms in total. The van der Waals surface area contributed by atoms with Gasteiger partial charge in [-0.15, -0.1) is 0 Å². The predicted molar refractivity (Wildman–Crippen MR) is 105 cm³/mol. The fourth-order valence-corrected chi connectivity index (χ4v) is 2.52. The van der Waals surface area contributed by atoms with E-state index < -0.39 is 0 Å². The molecule has 0 aliphatic carbocycles. The van der Waals surface area contributed by atoms with Gasteiger partial charge in [0.25, 0.3) is 5.91 Å². The van der Waals surface area contributed by atoms with Crippen LogP contribution in [0.3, 0.4) is 0 Å². The van der Waals surface area contributed by atoms with Crippen molar-refractivity contribution in [1.29, 1.82) is 0 Å². The third-order valence-electron chi connectivity index (χ3n) is 4.10. The van der Waals surface area contributed by atoms with Crippen LogP contribution in [0.2, 0.25) is 0 Å². The van der Waals surface area contributed by atoms with E-state index in [0.29, 0.717) is 12.2 Å². The first-order valence-corrected chi connectivity index (χ1v) is 8.80. The van der Waals surface area contributed by atoms with Crippen LogP contribution in [-0.2, 0) is 11.3 Å². The van der Waals surface area contributed by atoms with Crippen LogP contribution in [0.4, 0.5) is 5.69 Å². The van der Waals surface area contributed by atoms with Crippen molar-refractivity contribution < 1.29 is 9.59 Å². The van der Waals surface area contributed by atoms with Crippen molar-refractivity contribution in [1.82, 2.24) is 14.9 Å². The highest BCUT2D eigenvalue weighted by molar-refractivity contribution is 5.93. The molecule has 0 bridgehead atoms. The Balaban J connectivity index is 1.62. The number of rotatable bonds is 6. The van der Waals surface area contributed by atoms with Crippen LogP contribution in [0.5, 0.6) is 0 Å². The average Bonchev–Trinajstić information content (AvgIpc) is 3.18. The van der Waals surface area contributed by atoms with E-state index >= 15 is 0 Å².